The molecule has 1 fully saturated rings. The van der Waals surface area contributed by atoms with Crippen molar-refractivity contribution in [1.29, 1.82) is 0 Å². The number of β-amino-alcohol motifs (C(OH)–C–C–N with tert-alkyl or cyclic N) is 1. The Bertz CT molecular complexity index is 628. The van der Waals surface area contributed by atoms with Gasteiger partial charge in [-0.2, -0.15) is 13.2 Å². The summed E-state index contributed by atoms with van der Waals surface area (Å²) in [5, 5.41) is 13.7. The molecule has 0 aliphatic carbocycles. The van der Waals surface area contributed by atoms with Gasteiger partial charge >= 0.3 is 6.18 Å². The van der Waals surface area contributed by atoms with E-state index in [1.807, 2.05) is 0 Å². The van der Waals surface area contributed by atoms with Crippen LogP contribution in [-0.4, -0.2) is 27.8 Å². The summed E-state index contributed by atoms with van der Waals surface area (Å²) in [5.41, 5.74) is 0.165. The second-order valence-corrected chi connectivity index (χ2v) is 5.41. The molecule has 4 nitrogen and oxygen atoms in total. The Morgan fingerprint density at radius 1 is 1.27 bits per heavy atom. The molecule has 0 amide bonds. The van der Waals surface area contributed by atoms with Gasteiger partial charge in [-0.25, -0.2) is 0 Å². The Morgan fingerprint density at radius 2 is 2.05 bits per heavy atom. The fraction of sp³-hybridized carbons (Fsp3) is 0.400. The number of aromatic nitrogens is 1. The third kappa shape index (κ3) is 3.00. The van der Waals surface area contributed by atoms with E-state index in [0.717, 1.165) is 6.07 Å². The van der Waals surface area contributed by atoms with E-state index in [1.165, 1.54) is 18.4 Å². The number of aliphatic hydroxyl groups excluding tert-OH is 1. The first-order valence-electron chi connectivity index (χ1n) is 6.92. The molecule has 0 unspecified atom stereocenters. The van der Waals surface area contributed by atoms with Gasteiger partial charge in [-0.15, -0.1) is 0 Å². The molecule has 2 atom stereocenters. The predicted molar refractivity (Wildman–Crippen MR) is 71.7 cm³/mol. The van der Waals surface area contributed by atoms with Crippen LogP contribution >= 0.6 is 0 Å². The molecule has 0 radical (unpaired) electrons. The van der Waals surface area contributed by atoms with Gasteiger partial charge in [0.25, 0.3) is 0 Å². The average molecular weight is 312 g/mol. The second-order valence-electron chi connectivity index (χ2n) is 5.41. The van der Waals surface area contributed by atoms with Gasteiger partial charge in [-0.05, 0) is 18.1 Å². The Kier molecular flexibility index (Phi) is 3.92. The molecule has 22 heavy (non-hydrogen) atoms. The smallest absolute Gasteiger partial charge is 0.392 e. The topological polar surface area (TPSA) is 49.5 Å². The minimum Gasteiger partial charge on any atom is -0.392 e. The molecule has 118 valence electrons. The van der Waals surface area contributed by atoms with Gasteiger partial charge in [0.1, 0.15) is 6.26 Å². The van der Waals surface area contributed by atoms with Crippen LogP contribution in [0, 0.1) is 0 Å². The third-order valence-electron chi connectivity index (χ3n) is 3.86. The predicted octanol–water partition coefficient (Wildman–Crippen LogP) is 3.00. The van der Waals surface area contributed by atoms with Crippen molar-refractivity contribution in [3.8, 4) is 0 Å². The molecular weight excluding hydrogens is 297 g/mol. The lowest BCUT2D eigenvalue weighted by Gasteiger charge is -2.26. The summed E-state index contributed by atoms with van der Waals surface area (Å²) in [6.07, 6.45) is -3.38. The molecule has 1 aromatic heterocycles. The molecular formula is C15H15F3N2O2. The van der Waals surface area contributed by atoms with Crippen LogP contribution in [-0.2, 0) is 12.7 Å². The molecule has 2 heterocycles. The molecule has 7 heteroatoms. The molecule has 1 saturated heterocycles. The number of hydrogen-bond acceptors (Lipinski definition) is 4. The van der Waals surface area contributed by atoms with Crippen LogP contribution in [0.3, 0.4) is 0 Å². The fourth-order valence-corrected chi connectivity index (χ4v) is 2.95. The van der Waals surface area contributed by atoms with Gasteiger partial charge in [0.15, 0.2) is 0 Å². The lowest BCUT2D eigenvalue weighted by Crippen LogP contribution is -2.26. The SMILES string of the molecule is O[C@@H]1C[C@@H](c2ccccc2C(F)(F)F)N(Cc2ccon2)C1. The largest absolute Gasteiger partial charge is 0.416 e. The van der Waals surface area contributed by atoms with Crippen molar-refractivity contribution in [2.75, 3.05) is 6.54 Å². The molecule has 0 bridgehead atoms. The zero-order valence-corrected chi connectivity index (χ0v) is 11.6. The molecule has 1 aromatic carbocycles. The number of likely N-dealkylation sites (tertiary alicyclic amines) is 1. The number of aliphatic hydroxyl groups is 1. The lowest BCUT2D eigenvalue weighted by atomic mass is 9.97. The first kappa shape index (κ1) is 15.1. The summed E-state index contributed by atoms with van der Waals surface area (Å²) in [5.74, 6) is 0. The quantitative estimate of drug-likeness (QED) is 0.946. The fourth-order valence-electron chi connectivity index (χ4n) is 2.95. The van der Waals surface area contributed by atoms with Crippen molar-refractivity contribution in [3.63, 3.8) is 0 Å². The van der Waals surface area contributed by atoms with Crippen LogP contribution in [0.2, 0.25) is 0 Å². The molecule has 2 aromatic rings. The van der Waals surface area contributed by atoms with E-state index in [4.69, 9.17) is 4.52 Å². The lowest BCUT2D eigenvalue weighted by molar-refractivity contribution is -0.138. The first-order valence-corrected chi connectivity index (χ1v) is 6.92. The van der Waals surface area contributed by atoms with E-state index in [1.54, 1.807) is 17.0 Å². The van der Waals surface area contributed by atoms with Gasteiger partial charge in [0.2, 0.25) is 0 Å². The van der Waals surface area contributed by atoms with Crippen LogP contribution in [0.25, 0.3) is 0 Å². The van der Waals surface area contributed by atoms with E-state index in [2.05, 4.69) is 5.16 Å². The Hall–Kier alpha value is -1.86. The van der Waals surface area contributed by atoms with Crippen molar-refractivity contribution in [2.24, 2.45) is 0 Å². The zero-order chi connectivity index (χ0) is 15.7. The Balaban J connectivity index is 1.92. The van der Waals surface area contributed by atoms with Gasteiger partial charge < -0.3 is 9.63 Å². The Morgan fingerprint density at radius 3 is 2.73 bits per heavy atom. The van der Waals surface area contributed by atoms with Crippen molar-refractivity contribution in [1.82, 2.24) is 10.1 Å². The monoisotopic (exact) mass is 312 g/mol. The highest BCUT2D eigenvalue weighted by Crippen LogP contribution is 2.40. The standard InChI is InChI=1S/C15H15F3N2O2/c16-15(17,18)13-4-2-1-3-12(13)14-7-11(21)9-20(14)8-10-5-6-22-19-10/h1-6,11,14,21H,7-9H2/t11-,14+/m1/s1. The van der Waals surface area contributed by atoms with Crippen LogP contribution in [0.5, 0.6) is 0 Å². The van der Waals surface area contributed by atoms with E-state index < -0.39 is 23.9 Å². The highest BCUT2D eigenvalue weighted by molar-refractivity contribution is 5.33. The summed E-state index contributed by atoms with van der Waals surface area (Å²) in [4.78, 5) is 1.80. The normalized spacial score (nSPS) is 23.1. The maximum absolute atomic E-state index is 13.2. The Labute approximate surface area is 125 Å². The molecule has 0 spiro atoms. The summed E-state index contributed by atoms with van der Waals surface area (Å²) in [6, 6.07) is 6.68. The van der Waals surface area contributed by atoms with Crippen LogP contribution < -0.4 is 0 Å². The van der Waals surface area contributed by atoms with Crippen molar-refractivity contribution in [2.45, 2.75) is 31.3 Å². The van der Waals surface area contributed by atoms with Crippen LogP contribution in [0.1, 0.15) is 29.3 Å². The molecule has 1 aliphatic heterocycles. The second kappa shape index (κ2) is 5.73. The number of hydrogen-bond donors (Lipinski definition) is 1. The summed E-state index contributed by atoms with van der Waals surface area (Å²) in [7, 11) is 0. The van der Waals surface area contributed by atoms with E-state index in [0.29, 0.717) is 18.8 Å². The van der Waals surface area contributed by atoms with Crippen molar-refractivity contribution in [3.05, 3.63) is 53.4 Å². The van der Waals surface area contributed by atoms with Crippen molar-refractivity contribution < 1.29 is 22.8 Å². The minimum atomic E-state index is -4.41. The van der Waals surface area contributed by atoms with E-state index in [9.17, 15) is 18.3 Å². The van der Waals surface area contributed by atoms with E-state index in [-0.39, 0.29) is 12.0 Å². The van der Waals surface area contributed by atoms with Gasteiger partial charge in [0.05, 0.1) is 17.4 Å². The zero-order valence-electron chi connectivity index (χ0n) is 11.6. The summed E-state index contributed by atoms with van der Waals surface area (Å²) >= 11 is 0. The summed E-state index contributed by atoms with van der Waals surface area (Å²) < 4.78 is 44.3. The maximum atomic E-state index is 13.2. The molecule has 3 rings (SSSR count). The highest BCUT2D eigenvalue weighted by atomic mass is 19.4. The molecule has 1 N–H and O–H groups in total. The maximum Gasteiger partial charge on any atom is 0.416 e. The first-order chi connectivity index (χ1) is 10.4. The van der Waals surface area contributed by atoms with Crippen LogP contribution in [0.4, 0.5) is 13.2 Å². The highest BCUT2D eigenvalue weighted by Gasteiger charge is 2.39. The summed E-state index contributed by atoms with van der Waals surface area (Å²) in [6.45, 7) is 0.647. The number of benzene rings is 1. The molecule has 1 aliphatic rings. The van der Waals surface area contributed by atoms with Crippen LogP contribution in [0.15, 0.2) is 41.1 Å². The third-order valence-corrected chi connectivity index (χ3v) is 3.86. The minimum absolute atomic E-state index is 0.190. The van der Waals surface area contributed by atoms with Gasteiger partial charge in [0, 0.05) is 25.2 Å². The van der Waals surface area contributed by atoms with Crippen molar-refractivity contribution >= 4 is 0 Å². The van der Waals surface area contributed by atoms with E-state index >= 15 is 0 Å². The number of halogens is 3. The molecule has 0 saturated carbocycles. The van der Waals surface area contributed by atoms with Gasteiger partial charge in [-0.3, -0.25) is 4.90 Å². The van der Waals surface area contributed by atoms with Gasteiger partial charge in [-0.1, -0.05) is 23.4 Å². The number of rotatable bonds is 3. The number of alkyl halides is 3. The number of nitrogens with zero attached hydrogens (tertiary/aromatic N) is 2. The average Bonchev–Trinajstić information content (AvgIpc) is 3.08.